The molecule has 1 saturated heterocycles. The van der Waals surface area contributed by atoms with Gasteiger partial charge in [-0.1, -0.05) is 6.08 Å². The molecule has 0 aromatic heterocycles. The number of imide groups is 1. The Morgan fingerprint density at radius 3 is 1.30 bits per heavy atom. The third-order valence-corrected chi connectivity index (χ3v) is 30.6. The highest BCUT2D eigenvalue weighted by atomic mass is 32.3. The number of hydrogen-bond acceptors (Lipinski definition) is 38. The number of nitrogens with zero attached hydrogens (tertiary/aromatic N) is 3. The summed E-state index contributed by atoms with van der Waals surface area (Å²) in [6.07, 6.45) is 3.02. The highest BCUT2D eigenvalue weighted by molar-refractivity contribution is 8.19. The number of rotatable bonds is 81. The third-order valence-electron chi connectivity index (χ3n) is 22.7. The molecule has 4 unspecified atom stereocenters. The number of amides is 2. The number of hydroxylamine groups is 2. The number of sulfonamides is 1. The molecule has 4 atom stereocenters. The summed E-state index contributed by atoms with van der Waals surface area (Å²) in [5.41, 5.74) is -0.264. The van der Waals surface area contributed by atoms with E-state index in [1.54, 1.807) is 43.5 Å². The van der Waals surface area contributed by atoms with Gasteiger partial charge in [0, 0.05) is 116 Å². The second-order valence-electron chi connectivity index (χ2n) is 32.8. The van der Waals surface area contributed by atoms with E-state index in [-0.39, 0.29) is 120 Å². The van der Waals surface area contributed by atoms with E-state index in [0.717, 1.165) is 23.5 Å². The van der Waals surface area contributed by atoms with E-state index < -0.39 is 116 Å². The van der Waals surface area contributed by atoms with Gasteiger partial charge in [0.25, 0.3) is 11.8 Å². The second kappa shape index (κ2) is 63.9. The number of carbonyl (C=O) groups excluding carboxylic acids is 3. The van der Waals surface area contributed by atoms with Crippen LogP contribution in [0.5, 0.6) is 11.5 Å². The number of carbonyl (C=O) groups is 3. The Morgan fingerprint density at radius 2 is 0.877 bits per heavy atom. The van der Waals surface area contributed by atoms with Crippen molar-refractivity contribution < 1.29 is 168 Å². The standard InChI is InChI=1S/C92H141F3N5O33S5/c1-67-83(86(94)90(87(95)85(67)93)134-65-80(104)133-100-78(102)9-10-79(100)103)84-70-59-68-74(98(6)91(2,3)72-61-81(135-88(68)72)137(105,106)66-131-58-57-130-56-55-129-54-53-121-36-32-116-26-22-111-16-12-96-11-15-110-21-25-115-31-35-120-38-34-118-28-24-113-18-14-101)63-76(70)132-77-64-75-69(60-71(77)84)89-73(92(4,5)99(75)7)62-82(136-89)138(107,108)97-13-17-112-23-27-117-33-37-122-41-42-124-45-46-126-49-50-128-52-51-127-48-47-125-44-43-123-40-39-119-30-29-114-20-19-109-8/h59-64,72-73,88-89,96-97,101H,9-58,65-66H2,1-8H3/q+1. The quantitative estimate of drug-likeness (QED) is 0.0172. The molecule has 0 bridgehead atoms. The number of thioether (sulfide) groups is 3. The van der Waals surface area contributed by atoms with E-state index in [0.29, 0.717) is 285 Å². The van der Waals surface area contributed by atoms with Crippen LogP contribution in [0.4, 0.5) is 18.9 Å². The van der Waals surface area contributed by atoms with Crippen LogP contribution in [0, 0.1) is 36.2 Å². The Balaban J connectivity index is 0.706. The normalized spacial score (nSPS) is 17.6. The van der Waals surface area contributed by atoms with Crippen LogP contribution in [0.2, 0.25) is 0 Å². The third kappa shape index (κ3) is 37.3. The monoisotopic (exact) mass is 2060 g/mol. The molecule has 3 N–H and O–H groups in total. The first-order valence-corrected chi connectivity index (χ1v) is 52.5. The molecule has 1 fully saturated rings. The van der Waals surface area contributed by atoms with Gasteiger partial charge in [-0.3, -0.25) is 9.59 Å². The summed E-state index contributed by atoms with van der Waals surface area (Å²) in [4.78, 5) is 44.3. The number of hydrogen-bond donors (Lipinski definition) is 3. The molecule has 0 radical (unpaired) electrons. The van der Waals surface area contributed by atoms with Crippen molar-refractivity contribution in [2.45, 2.75) is 73.9 Å². The maximum absolute atomic E-state index is 18.3. The maximum atomic E-state index is 18.3. The van der Waals surface area contributed by atoms with Crippen LogP contribution in [0.25, 0.3) is 5.57 Å². The van der Waals surface area contributed by atoms with E-state index in [1.807, 2.05) is 51.3 Å². The molecule has 3 aromatic carbocycles. The molecule has 6 aliphatic heterocycles. The van der Waals surface area contributed by atoms with Crippen molar-refractivity contribution in [3.05, 3.63) is 101 Å². The highest BCUT2D eigenvalue weighted by Gasteiger charge is 2.54. The smallest absolute Gasteiger partial charge is 0.343 e. The minimum Gasteiger partial charge on any atom is -0.456 e. The second-order valence-corrected chi connectivity index (χ2v) is 40.3. The molecule has 6 heterocycles. The molecular formula is C92H141F3N5O33S5+. The Labute approximate surface area is 819 Å². The molecule has 0 aliphatic carbocycles. The molecular weight excluding hydrogens is 1920 g/mol. The number of aliphatic hydroxyl groups is 1. The van der Waals surface area contributed by atoms with Crippen LogP contribution in [0.3, 0.4) is 0 Å². The average molecular weight is 2060 g/mol. The maximum Gasteiger partial charge on any atom is 0.343 e. The molecule has 46 heteroatoms. The Kier molecular flexibility index (Phi) is 53.8. The van der Waals surface area contributed by atoms with Gasteiger partial charge in [-0.25, -0.2) is 44.1 Å². The fourth-order valence-electron chi connectivity index (χ4n) is 14.9. The van der Waals surface area contributed by atoms with Gasteiger partial charge in [-0.15, -0.1) is 40.3 Å². The number of aliphatic hydroxyl groups excluding tert-OH is 1. The average Bonchev–Trinajstić information content (AvgIpc) is 1.45. The summed E-state index contributed by atoms with van der Waals surface area (Å²) < 4.78 is 248. The minimum atomic E-state index is -4.16. The molecule has 3 aromatic rings. The number of benzene rings is 3. The Hall–Kier alpha value is -5.28. The van der Waals surface area contributed by atoms with Crippen molar-refractivity contribution in [1.82, 2.24) is 19.7 Å². The molecule has 6 aliphatic rings. The molecule has 0 saturated carbocycles. The van der Waals surface area contributed by atoms with Gasteiger partial charge >= 0.3 is 5.97 Å². The van der Waals surface area contributed by atoms with Gasteiger partial charge < -0.3 is 134 Å². The van der Waals surface area contributed by atoms with Gasteiger partial charge in [-0.05, 0) is 50.1 Å². The zero-order valence-corrected chi connectivity index (χ0v) is 84.7. The zero-order chi connectivity index (χ0) is 98.8. The van der Waals surface area contributed by atoms with Crippen molar-refractivity contribution in [2.24, 2.45) is 11.8 Å². The van der Waals surface area contributed by atoms with E-state index in [9.17, 15) is 31.2 Å². The molecule has 9 rings (SSSR count). The van der Waals surface area contributed by atoms with Gasteiger partial charge in [0.15, 0.2) is 23.1 Å². The number of ether oxygens (including phenoxy) is 24. The van der Waals surface area contributed by atoms with Crippen molar-refractivity contribution in [3.8, 4) is 11.5 Å². The molecule has 38 nitrogen and oxygen atoms in total. The fraction of sp³-hybridized carbons (Fsp3) is 0.717. The van der Waals surface area contributed by atoms with E-state index >= 15 is 13.2 Å². The lowest BCUT2D eigenvalue weighted by atomic mass is 9.75. The predicted molar refractivity (Wildman–Crippen MR) is 506 cm³/mol. The first kappa shape index (κ1) is 116. The van der Waals surface area contributed by atoms with E-state index in [2.05, 4.69) is 10.0 Å². The van der Waals surface area contributed by atoms with Crippen LogP contribution < -0.4 is 34.8 Å². The van der Waals surface area contributed by atoms with Gasteiger partial charge in [-0.2, -0.15) is 0 Å². The van der Waals surface area contributed by atoms with Crippen LogP contribution in [0.15, 0.2) is 49.8 Å². The van der Waals surface area contributed by atoms with Crippen LogP contribution in [-0.2, 0) is 148 Å². The number of fused-ring (bicyclic) bond motifs is 8. The molecule has 138 heavy (non-hydrogen) atoms. The molecule has 0 spiro atoms. The summed E-state index contributed by atoms with van der Waals surface area (Å²) in [7, 11) is -2.89. The topological polar surface area (TPSA) is 404 Å². The van der Waals surface area contributed by atoms with Crippen molar-refractivity contribution in [3.63, 3.8) is 0 Å². The van der Waals surface area contributed by atoms with Gasteiger partial charge in [0.05, 0.1) is 329 Å². The van der Waals surface area contributed by atoms with E-state index in [4.69, 9.17) is 124 Å². The van der Waals surface area contributed by atoms with Gasteiger partial charge in [0.1, 0.15) is 28.6 Å². The number of methoxy groups -OCH3 is 1. The number of nitrogens with one attached hydrogen (secondary N) is 2. The number of sulfone groups is 1. The highest BCUT2D eigenvalue weighted by Crippen LogP contribution is 2.61. The van der Waals surface area contributed by atoms with Gasteiger partial charge in [0.2, 0.25) is 25.2 Å². The fourth-order valence-corrected chi connectivity index (χ4v) is 22.1. The first-order valence-electron chi connectivity index (χ1n) is 46.6. The summed E-state index contributed by atoms with van der Waals surface area (Å²) in [6.45, 7) is 27.5. The van der Waals surface area contributed by atoms with Crippen LogP contribution >= 0.6 is 35.3 Å². The lowest BCUT2D eigenvalue weighted by Crippen LogP contribution is -2.55. The molecule has 2 amide bonds. The number of anilines is 1. The summed E-state index contributed by atoms with van der Waals surface area (Å²) >= 11 is 2.50. The number of halogens is 3. The summed E-state index contributed by atoms with van der Waals surface area (Å²) in [6, 6.07) is 7.05. The van der Waals surface area contributed by atoms with Crippen LogP contribution in [-0.4, -0.2) is 406 Å². The minimum absolute atomic E-state index is 0.00612. The summed E-state index contributed by atoms with van der Waals surface area (Å²) in [5, 5.41) is 11.9. The van der Waals surface area contributed by atoms with Crippen LogP contribution in [0.1, 0.15) is 78.9 Å². The molecule has 782 valence electrons. The summed E-state index contributed by atoms with van der Waals surface area (Å²) in [5.74, 6) is -9.22. The Bertz CT molecular complexity index is 4620. The predicted octanol–water partition coefficient (Wildman–Crippen LogP) is 4.98. The lowest BCUT2D eigenvalue weighted by Gasteiger charge is -2.49. The van der Waals surface area contributed by atoms with Crippen molar-refractivity contribution in [2.75, 3.05) is 355 Å². The largest absolute Gasteiger partial charge is 0.456 e. The zero-order valence-electron chi connectivity index (χ0n) is 80.6. The SMILES string of the molecule is COCCOCCOCCOCCOCCOCCOCCOCCOCCOCCOCCOCCNS(=O)(=O)C1=CC2C(S1)c1cc3c(cc1N(C)C2(C)C)Oc1cc2c(cc1=C3c1c(C)c(F)c(F)c(SCC(=O)ON3C(=O)CCC3=O)c1F)C1SC(S(=O)(=O)COCCOCCOCCOCCOCCOCCNCCOCCOCCOCCOCCOCCO)=CC1C(C)(C)[N+]=2C. The van der Waals surface area contributed by atoms with E-state index in [1.165, 1.54) is 6.92 Å². The van der Waals surface area contributed by atoms with Crippen molar-refractivity contribution >= 4 is 84.2 Å². The Morgan fingerprint density at radius 1 is 0.493 bits per heavy atom. The lowest BCUT2D eigenvalue weighted by molar-refractivity contribution is -0.195. The van der Waals surface area contributed by atoms with Crippen molar-refractivity contribution in [1.29, 1.82) is 0 Å². The first-order chi connectivity index (χ1) is 66.8.